The predicted octanol–water partition coefficient (Wildman–Crippen LogP) is 4.99. The van der Waals surface area contributed by atoms with Crippen LogP contribution in [0.1, 0.15) is 87.1 Å². The average Bonchev–Trinajstić information content (AvgIpc) is 3.43. The van der Waals surface area contributed by atoms with Crippen molar-refractivity contribution in [3.8, 4) is 5.75 Å². The number of carboxylic acid groups (broad SMARTS) is 1. The number of carbonyl (C=O) groups excluding carboxylic acids is 1. The fraction of sp³-hybridized carbons (Fsp3) is 0.667. The quantitative estimate of drug-likeness (QED) is 0.708. The summed E-state index contributed by atoms with van der Waals surface area (Å²) in [6.07, 6.45) is 7.65. The van der Waals surface area contributed by atoms with Crippen LogP contribution in [0.4, 0.5) is 4.39 Å². The lowest BCUT2D eigenvalue weighted by atomic mass is 9.73. The summed E-state index contributed by atoms with van der Waals surface area (Å²) in [7, 11) is 0. The molecule has 1 N–H and O–H groups in total. The van der Waals surface area contributed by atoms with Crippen molar-refractivity contribution in [1.82, 2.24) is 4.90 Å². The first-order valence-corrected chi connectivity index (χ1v) is 11.3. The van der Waals surface area contributed by atoms with Gasteiger partial charge in [0.2, 0.25) is 0 Å². The van der Waals surface area contributed by atoms with Crippen LogP contribution in [0.3, 0.4) is 0 Å². The maximum absolute atomic E-state index is 15.0. The number of benzene rings is 1. The third kappa shape index (κ3) is 4.33. The molecule has 0 aromatic heterocycles. The number of nitrogens with zero attached hydrogens (tertiary/aromatic N) is 1. The molecule has 0 bridgehead atoms. The van der Waals surface area contributed by atoms with Gasteiger partial charge in [0.1, 0.15) is 17.6 Å². The number of amides is 1. The Morgan fingerprint density at radius 2 is 1.90 bits per heavy atom. The molecule has 1 aromatic rings. The first-order valence-electron chi connectivity index (χ1n) is 11.3. The van der Waals surface area contributed by atoms with Crippen LogP contribution in [0, 0.1) is 17.2 Å². The molecule has 0 radical (unpaired) electrons. The monoisotopic (exact) mass is 417 g/mol. The molecule has 0 spiro atoms. The standard InChI is InChI=1S/C24H32FNO4/c1-15-7-9-24(2,10-8-15)14-30-21-13-19(25)18(12-17(21)16-5-6-16)22(27)26-11-3-4-20(26)23(28)29/h12-13,15-16,20H,3-11,14H2,1-2H3,(H,28,29)/t15-,20-,24+/m0/s1. The smallest absolute Gasteiger partial charge is 0.326 e. The molecular formula is C24H32FNO4. The largest absolute Gasteiger partial charge is 0.493 e. The topological polar surface area (TPSA) is 66.8 Å². The van der Waals surface area contributed by atoms with Gasteiger partial charge in [0.15, 0.2) is 0 Å². The number of hydrogen-bond donors (Lipinski definition) is 1. The number of carboxylic acids is 1. The molecule has 1 aliphatic heterocycles. The Balaban J connectivity index is 1.54. The van der Waals surface area contributed by atoms with Crippen molar-refractivity contribution in [2.75, 3.05) is 13.2 Å². The highest BCUT2D eigenvalue weighted by molar-refractivity contribution is 5.97. The second kappa shape index (κ2) is 8.20. The van der Waals surface area contributed by atoms with Gasteiger partial charge in [-0.2, -0.15) is 0 Å². The molecule has 6 heteroatoms. The zero-order chi connectivity index (χ0) is 21.5. The van der Waals surface area contributed by atoms with Gasteiger partial charge in [-0.15, -0.1) is 0 Å². The van der Waals surface area contributed by atoms with E-state index in [1.807, 2.05) is 0 Å². The fourth-order valence-electron chi connectivity index (χ4n) is 4.85. The molecule has 164 valence electrons. The molecule has 0 unspecified atom stereocenters. The summed E-state index contributed by atoms with van der Waals surface area (Å²) in [6, 6.07) is 2.10. The Labute approximate surface area is 177 Å². The van der Waals surface area contributed by atoms with Gasteiger partial charge in [-0.05, 0) is 62.0 Å². The van der Waals surface area contributed by atoms with Gasteiger partial charge in [-0.1, -0.05) is 26.7 Å². The Morgan fingerprint density at radius 3 is 2.53 bits per heavy atom. The van der Waals surface area contributed by atoms with Crippen LogP contribution in [0.25, 0.3) is 0 Å². The van der Waals surface area contributed by atoms with E-state index in [1.54, 1.807) is 6.07 Å². The minimum atomic E-state index is -1.03. The van der Waals surface area contributed by atoms with Crippen molar-refractivity contribution in [2.24, 2.45) is 11.3 Å². The van der Waals surface area contributed by atoms with Crippen molar-refractivity contribution >= 4 is 11.9 Å². The number of rotatable bonds is 6. The van der Waals surface area contributed by atoms with Crippen LogP contribution in [-0.2, 0) is 4.79 Å². The molecule has 3 aliphatic rings. The Morgan fingerprint density at radius 1 is 1.20 bits per heavy atom. The van der Waals surface area contributed by atoms with Gasteiger partial charge in [0, 0.05) is 18.0 Å². The molecule has 1 atom stereocenters. The van der Waals surface area contributed by atoms with Gasteiger partial charge in [0.25, 0.3) is 5.91 Å². The zero-order valence-electron chi connectivity index (χ0n) is 18.0. The number of ether oxygens (including phenoxy) is 1. The maximum atomic E-state index is 15.0. The summed E-state index contributed by atoms with van der Waals surface area (Å²) in [5, 5.41) is 9.37. The lowest BCUT2D eigenvalue weighted by molar-refractivity contribution is -0.141. The van der Waals surface area contributed by atoms with Gasteiger partial charge < -0.3 is 14.7 Å². The highest BCUT2D eigenvalue weighted by Crippen LogP contribution is 2.46. The number of aliphatic carboxylic acids is 1. The molecule has 1 aromatic carbocycles. The Hall–Kier alpha value is -2.11. The van der Waals surface area contributed by atoms with E-state index in [1.165, 1.54) is 23.8 Å². The zero-order valence-corrected chi connectivity index (χ0v) is 18.0. The van der Waals surface area contributed by atoms with E-state index in [4.69, 9.17) is 4.74 Å². The summed E-state index contributed by atoms with van der Waals surface area (Å²) in [6.45, 7) is 5.43. The van der Waals surface area contributed by atoms with E-state index in [2.05, 4.69) is 13.8 Å². The van der Waals surface area contributed by atoms with E-state index in [-0.39, 0.29) is 11.0 Å². The third-order valence-corrected chi connectivity index (χ3v) is 7.20. The highest BCUT2D eigenvalue weighted by Gasteiger charge is 2.37. The minimum absolute atomic E-state index is 0.0323. The van der Waals surface area contributed by atoms with Crippen LogP contribution in [-0.4, -0.2) is 41.1 Å². The number of carbonyl (C=O) groups is 2. The third-order valence-electron chi connectivity index (χ3n) is 7.20. The van der Waals surface area contributed by atoms with Crippen LogP contribution in [0.2, 0.25) is 0 Å². The molecule has 2 saturated carbocycles. The summed E-state index contributed by atoms with van der Waals surface area (Å²) in [5.74, 6) is -0.596. The van der Waals surface area contributed by atoms with Crippen molar-refractivity contribution in [2.45, 2.75) is 77.2 Å². The van der Waals surface area contributed by atoms with Crippen LogP contribution in [0.5, 0.6) is 5.75 Å². The molecule has 4 rings (SSSR count). The van der Waals surface area contributed by atoms with Crippen molar-refractivity contribution in [1.29, 1.82) is 0 Å². The van der Waals surface area contributed by atoms with E-state index >= 15 is 0 Å². The second-order valence-corrected chi connectivity index (χ2v) is 9.92. The van der Waals surface area contributed by atoms with Crippen LogP contribution >= 0.6 is 0 Å². The molecule has 30 heavy (non-hydrogen) atoms. The molecule has 1 amide bonds. The summed E-state index contributed by atoms with van der Waals surface area (Å²) in [4.78, 5) is 25.7. The average molecular weight is 418 g/mol. The van der Waals surface area contributed by atoms with Gasteiger partial charge in [-0.3, -0.25) is 4.79 Å². The Kier molecular flexibility index (Phi) is 5.78. The molecule has 3 fully saturated rings. The molecule has 1 heterocycles. The molecular weight excluding hydrogens is 385 g/mol. The fourth-order valence-corrected chi connectivity index (χ4v) is 4.85. The van der Waals surface area contributed by atoms with E-state index < -0.39 is 23.7 Å². The number of likely N-dealkylation sites (tertiary alicyclic amines) is 1. The SMILES string of the molecule is C[C@H]1CC[C@@](C)(COc2cc(F)c(C(=O)N3CCC[C@H]3C(=O)O)cc2C2CC2)CC1. The molecule has 1 saturated heterocycles. The predicted molar refractivity (Wildman–Crippen MR) is 111 cm³/mol. The summed E-state index contributed by atoms with van der Waals surface area (Å²) in [5.41, 5.74) is 0.955. The molecule has 2 aliphatic carbocycles. The first-order chi connectivity index (χ1) is 14.3. The van der Waals surface area contributed by atoms with Gasteiger partial charge in [0.05, 0.1) is 12.2 Å². The highest BCUT2D eigenvalue weighted by atomic mass is 19.1. The lowest BCUT2D eigenvalue weighted by Crippen LogP contribution is -2.40. The van der Waals surface area contributed by atoms with E-state index in [9.17, 15) is 19.1 Å². The maximum Gasteiger partial charge on any atom is 0.326 e. The molecule has 5 nitrogen and oxygen atoms in total. The van der Waals surface area contributed by atoms with Crippen LogP contribution in [0.15, 0.2) is 12.1 Å². The summed E-state index contributed by atoms with van der Waals surface area (Å²) < 4.78 is 21.1. The Bertz CT molecular complexity index is 827. The van der Waals surface area contributed by atoms with Gasteiger partial charge in [-0.25, -0.2) is 9.18 Å². The van der Waals surface area contributed by atoms with Crippen molar-refractivity contribution in [3.63, 3.8) is 0 Å². The van der Waals surface area contributed by atoms with Crippen molar-refractivity contribution in [3.05, 3.63) is 29.1 Å². The normalized spacial score (nSPS) is 29.1. The number of halogens is 1. The minimum Gasteiger partial charge on any atom is -0.493 e. The van der Waals surface area contributed by atoms with Crippen molar-refractivity contribution < 1.29 is 23.8 Å². The lowest BCUT2D eigenvalue weighted by Gasteiger charge is -2.36. The van der Waals surface area contributed by atoms with E-state index in [0.717, 1.165) is 37.2 Å². The number of hydrogen-bond acceptors (Lipinski definition) is 3. The second-order valence-electron chi connectivity index (χ2n) is 9.92. The van der Waals surface area contributed by atoms with Crippen LogP contribution < -0.4 is 4.74 Å². The van der Waals surface area contributed by atoms with E-state index in [0.29, 0.717) is 37.7 Å². The summed E-state index contributed by atoms with van der Waals surface area (Å²) >= 11 is 0. The first kappa shape index (κ1) is 21.1. The van der Waals surface area contributed by atoms with Gasteiger partial charge >= 0.3 is 5.97 Å².